The molecular weight excluding hydrogens is 248 g/mol. The Bertz CT molecular complexity index is 654. The Morgan fingerprint density at radius 2 is 2.11 bits per heavy atom. The minimum absolute atomic E-state index is 0.00195. The normalized spacial score (nSPS) is 18.5. The summed E-state index contributed by atoms with van der Waals surface area (Å²) in [5, 5.41) is 1.57. The Kier molecular flexibility index (Phi) is 2.52. The molecule has 3 rings (SSSR count). The van der Waals surface area contributed by atoms with E-state index in [1.807, 2.05) is 38.1 Å². The Morgan fingerprint density at radius 3 is 2.83 bits per heavy atom. The van der Waals surface area contributed by atoms with Crippen LogP contribution in [-0.4, -0.2) is 22.3 Å². The van der Waals surface area contributed by atoms with Crippen LogP contribution in [-0.2, 0) is 0 Å². The van der Waals surface area contributed by atoms with E-state index < -0.39 is 0 Å². The summed E-state index contributed by atoms with van der Waals surface area (Å²) in [6, 6.07) is 7.66. The number of benzene rings is 1. The van der Waals surface area contributed by atoms with Crippen LogP contribution in [0.2, 0.25) is 5.02 Å². The highest BCUT2D eigenvalue weighted by Crippen LogP contribution is 2.40. The summed E-state index contributed by atoms with van der Waals surface area (Å²) < 4.78 is 0. The van der Waals surface area contributed by atoms with Crippen LogP contribution in [0.15, 0.2) is 24.3 Å². The lowest BCUT2D eigenvalue weighted by molar-refractivity contribution is 0.0744. The van der Waals surface area contributed by atoms with E-state index in [4.69, 9.17) is 11.6 Å². The fourth-order valence-corrected chi connectivity index (χ4v) is 3.02. The van der Waals surface area contributed by atoms with Crippen LogP contribution in [0.5, 0.6) is 0 Å². The zero-order chi connectivity index (χ0) is 12.9. The van der Waals surface area contributed by atoms with Gasteiger partial charge in [0.05, 0.1) is 16.6 Å². The predicted molar refractivity (Wildman–Crippen MR) is 71.9 cm³/mol. The monoisotopic (exact) mass is 260 g/mol. The molecule has 0 N–H and O–H groups in total. The van der Waals surface area contributed by atoms with E-state index in [1.165, 1.54) is 0 Å². The first-order chi connectivity index (χ1) is 8.65. The van der Waals surface area contributed by atoms with Crippen LogP contribution in [0.25, 0.3) is 10.9 Å². The van der Waals surface area contributed by atoms with Gasteiger partial charge in [-0.2, -0.15) is 0 Å². The van der Waals surface area contributed by atoms with E-state index >= 15 is 0 Å². The molecule has 1 amide bonds. The number of halogens is 1. The lowest BCUT2D eigenvalue weighted by Crippen LogP contribution is -2.26. The number of hydrogen-bond donors (Lipinski definition) is 0. The van der Waals surface area contributed by atoms with Gasteiger partial charge in [0.25, 0.3) is 5.91 Å². The van der Waals surface area contributed by atoms with Gasteiger partial charge in [-0.05, 0) is 19.9 Å². The molecule has 0 spiro atoms. The summed E-state index contributed by atoms with van der Waals surface area (Å²) in [5.74, 6) is -0.0207. The molecule has 3 nitrogen and oxygen atoms in total. The Hall–Kier alpha value is -1.61. The molecule has 1 aliphatic heterocycles. The highest BCUT2D eigenvalue weighted by molar-refractivity contribution is 6.37. The Labute approximate surface area is 110 Å². The molecule has 92 valence electrons. The first-order valence-corrected chi connectivity index (χ1v) is 6.42. The van der Waals surface area contributed by atoms with Gasteiger partial charge in [-0.1, -0.05) is 29.8 Å². The van der Waals surface area contributed by atoms with Gasteiger partial charge >= 0.3 is 0 Å². The van der Waals surface area contributed by atoms with Crippen molar-refractivity contribution in [2.45, 2.75) is 19.9 Å². The molecule has 0 fully saturated rings. The van der Waals surface area contributed by atoms with Crippen molar-refractivity contribution >= 4 is 28.4 Å². The first kappa shape index (κ1) is 11.5. The molecule has 1 aliphatic rings. The molecule has 0 bridgehead atoms. The molecule has 1 unspecified atom stereocenters. The van der Waals surface area contributed by atoms with Crippen LogP contribution >= 0.6 is 11.6 Å². The minimum atomic E-state index is -0.0207. The number of carbonyl (C=O) groups is 1. The molecule has 1 aromatic heterocycles. The van der Waals surface area contributed by atoms with E-state index in [0.29, 0.717) is 17.3 Å². The topological polar surface area (TPSA) is 33.2 Å². The Morgan fingerprint density at radius 1 is 1.39 bits per heavy atom. The van der Waals surface area contributed by atoms with Gasteiger partial charge < -0.3 is 4.90 Å². The molecule has 2 heterocycles. The van der Waals surface area contributed by atoms with E-state index in [0.717, 1.165) is 16.5 Å². The van der Waals surface area contributed by atoms with Crippen LogP contribution in [0.1, 0.15) is 35.9 Å². The van der Waals surface area contributed by atoms with Crippen molar-refractivity contribution in [3.63, 3.8) is 0 Å². The number of pyridine rings is 1. The van der Waals surface area contributed by atoms with E-state index in [9.17, 15) is 4.79 Å². The van der Waals surface area contributed by atoms with E-state index in [-0.39, 0.29) is 11.9 Å². The SMILES string of the molecule is CCN1C(=O)c2nc3ccccc3c(Cl)c2C1C. The fourth-order valence-electron chi connectivity index (χ4n) is 2.62. The number of hydrogen-bond acceptors (Lipinski definition) is 2. The number of para-hydroxylation sites is 1. The van der Waals surface area contributed by atoms with Gasteiger partial charge in [-0.25, -0.2) is 4.98 Å². The second kappa shape index (κ2) is 3.95. The average molecular weight is 261 g/mol. The van der Waals surface area contributed by atoms with Gasteiger partial charge in [0.1, 0.15) is 5.69 Å². The van der Waals surface area contributed by atoms with Crippen molar-refractivity contribution < 1.29 is 4.79 Å². The molecular formula is C14H13ClN2O. The summed E-state index contributed by atoms with van der Waals surface area (Å²) in [5.41, 5.74) is 2.15. The van der Waals surface area contributed by atoms with Crippen molar-refractivity contribution in [3.8, 4) is 0 Å². The van der Waals surface area contributed by atoms with E-state index in [2.05, 4.69) is 4.98 Å². The summed E-state index contributed by atoms with van der Waals surface area (Å²) in [6.07, 6.45) is 0. The number of amides is 1. The predicted octanol–water partition coefficient (Wildman–Crippen LogP) is 3.42. The highest BCUT2D eigenvalue weighted by Gasteiger charge is 2.36. The lowest BCUT2D eigenvalue weighted by Gasteiger charge is -2.19. The molecule has 18 heavy (non-hydrogen) atoms. The zero-order valence-electron chi connectivity index (χ0n) is 10.3. The van der Waals surface area contributed by atoms with Crippen LogP contribution in [0, 0.1) is 0 Å². The summed E-state index contributed by atoms with van der Waals surface area (Å²) in [6.45, 7) is 4.63. The first-order valence-electron chi connectivity index (χ1n) is 6.04. The zero-order valence-corrected chi connectivity index (χ0v) is 11.0. The standard InChI is InChI=1S/C14H13ClN2O/c1-3-17-8(2)11-12(15)9-6-4-5-7-10(9)16-13(11)14(17)18/h4-8H,3H2,1-2H3. The maximum absolute atomic E-state index is 12.2. The smallest absolute Gasteiger partial charge is 0.273 e. The number of aromatic nitrogens is 1. The molecule has 2 aromatic rings. The number of nitrogens with zero attached hydrogens (tertiary/aromatic N) is 2. The van der Waals surface area contributed by atoms with Gasteiger partial charge in [-0.15, -0.1) is 0 Å². The summed E-state index contributed by atoms with van der Waals surface area (Å²) in [7, 11) is 0. The fraction of sp³-hybridized carbons (Fsp3) is 0.286. The molecule has 0 radical (unpaired) electrons. The van der Waals surface area contributed by atoms with Crippen molar-refractivity contribution in [2.24, 2.45) is 0 Å². The van der Waals surface area contributed by atoms with Gasteiger partial charge in [-0.3, -0.25) is 4.79 Å². The lowest BCUT2D eigenvalue weighted by atomic mass is 10.1. The van der Waals surface area contributed by atoms with Crippen LogP contribution in [0.4, 0.5) is 0 Å². The van der Waals surface area contributed by atoms with Crippen LogP contribution in [0.3, 0.4) is 0 Å². The van der Waals surface area contributed by atoms with Crippen molar-refractivity contribution in [1.82, 2.24) is 9.88 Å². The van der Waals surface area contributed by atoms with Gasteiger partial charge in [0.15, 0.2) is 0 Å². The van der Waals surface area contributed by atoms with Crippen molar-refractivity contribution in [2.75, 3.05) is 6.54 Å². The van der Waals surface area contributed by atoms with E-state index in [1.54, 1.807) is 4.90 Å². The quantitative estimate of drug-likeness (QED) is 0.787. The highest BCUT2D eigenvalue weighted by atomic mass is 35.5. The maximum atomic E-state index is 12.2. The number of carbonyl (C=O) groups excluding carboxylic acids is 1. The summed E-state index contributed by atoms with van der Waals surface area (Å²) in [4.78, 5) is 18.5. The Balaban J connectivity index is 2.35. The minimum Gasteiger partial charge on any atom is -0.331 e. The third-order valence-electron chi connectivity index (χ3n) is 3.55. The third kappa shape index (κ3) is 1.37. The maximum Gasteiger partial charge on any atom is 0.273 e. The molecule has 0 aliphatic carbocycles. The van der Waals surface area contributed by atoms with Crippen molar-refractivity contribution in [1.29, 1.82) is 0 Å². The number of fused-ring (bicyclic) bond motifs is 2. The number of rotatable bonds is 1. The second-order valence-corrected chi connectivity index (χ2v) is 4.85. The van der Waals surface area contributed by atoms with Crippen molar-refractivity contribution in [3.05, 3.63) is 40.5 Å². The largest absolute Gasteiger partial charge is 0.331 e. The molecule has 1 aromatic carbocycles. The van der Waals surface area contributed by atoms with Gasteiger partial charge in [0.2, 0.25) is 0 Å². The average Bonchev–Trinajstić information content (AvgIpc) is 2.62. The van der Waals surface area contributed by atoms with Crippen LogP contribution < -0.4 is 0 Å². The third-order valence-corrected chi connectivity index (χ3v) is 3.96. The summed E-state index contributed by atoms with van der Waals surface area (Å²) >= 11 is 6.45. The molecule has 0 saturated carbocycles. The molecule has 4 heteroatoms. The van der Waals surface area contributed by atoms with Gasteiger partial charge in [0, 0.05) is 17.5 Å². The molecule has 0 saturated heterocycles. The molecule has 1 atom stereocenters. The second-order valence-electron chi connectivity index (χ2n) is 4.47.